The van der Waals surface area contributed by atoms with Crippen molar-refractivity contribution >= 4 is 0 Å². The van der Waals surface area contributed by atoms with Crippen LogP contribution in [0.5, 0.6) is 0 Å². The zero-order valence-electron chi connectivity index (χ0n) is 14.6. The van der Waals surface area contributed by atoms with Crippen LogP contribution in [0.3, 0.4) is 0 Å². The van der Waals surface area contributed by atoms with Gasteiger partial charge in [-0.05, 0) is 75.2 Å². The normalized spacial score (nSPS) is 34.2. The number of hydrogen-bond donors (Lipinski definition) is 0. The molecule has 0 unspecified atom stereocenters. The van der Waals surface area contributed by atoms with E-state index >= 15 is 0 Å². The molecule has 0 aromatic carbocycles. The lowest BCUT2D eigenvalue weighted by atomic mass is 9.68. The molecule has 0 atom stereocenters. The molecule has 0 radical (unpaired) electrons. The van der Waals surface area contributed by atoms with E-state index in [0.29, 0.717) is 5.92 Å². The fourth-order valence-electron chi connectivity index (χ4n) is 4.57. The third-order valence-corrected chi connectivity index (χ3v) is 6.28. The molecule has 0 nitrogen and oxygen atoms in total. The molecule has 23 heavy (non-hydrogen) atoms. The van der Waals surface area contributed by atoms with Gasteiger partial charge >= 0.3 is 0 Å². The Kier molecular flexibility index (Phi) is 7.23. The molecular weight excluding hydrogens is 297 g/mol. The van der Waals surface area contributed by atoms with Gasteiger partial charge in [0.25, 0.3) is 0 Å². The van der Waals surface area contributed by atoms with Crippen LogP contribution < -0.4 is 0 Å². The highest BCUT2D eigenvalue weighted by Gasteiger charge is 2.30. The zero-order chi connectivity index (χ0) is 16.8. The quantitative estimate of drug-likeness (QED) is 0.473. The van der Waals surface area contributed by atoms with Gasteiger partial charge in [0.1, 0.15) is 6.67 Å². The number of allylic oxidation sites excluding steroid dienone is 4. The van der Waals surface area contributed by atoms with Crippen LogP contribution in [0.4, 0.5) is 13.2 Å². The van der Waals surface area contributed by atoms with Gasteiger partial charge in [0, 0.05) is 0 Å². The summed E-state index contributed by atoms with van der Waals surface area (Å²) >= 11 is 0. The average molecular weight is 328 g/mol. The smallest absolute Gasteiger partial charge is 0.166 e. The van der Waals surface area contributed by atoms with Gasteiger partial charge in [0.2, 0.25) is 0 Å². The third-order valence-electron chi connectivity index (χ3n) is 6.28. The van der Waals surface area contributed by atoms with Crippen LogP contribution in [0, 0.1) is 23.7 Å². The van der Waals surface area contributed by atoms with Gasteiger partial charge in [0.15, 0.2) is 11.7 Å². The Bertz CT molecular complexity index is 422. The molecule has 132 valence electrons. The van der Waals surface area contributed by atoms with Crippen LogP contribution in [0.25, 0.3) is 0 Å². The van der Waals surface area contributed by atoms with Gasteiger partial charge in [-0.1, -0.05) is 31.8 Å². The molecule has 2 aliphatic carbocycles. The van der Waals surface area contributed by atoms with Crippen molar-refractivity contribution in [2.45, 2.75) is 71.6 Å². The molecule has 0 spiro atoms. The highest BCUT2D eigenvalue weighted by molar-refractivity contribution is 5.21. The van der Waals surface area contributed by atoms with Crippen molar-refractivity contribution in [3.63, 3.8) is 0 Å². The standard InChI is InChI=1S/C20H31F3/c1-3-15-4-6-17(7-5-15)18-10-8-16(9-11-18)14(2)12-19(22)20(23)13-21/h12,15-18H,3-11,13H2,1-2H3/b14-12+,20-19-. The van der Waals surface area contributed by atoms with Crippen LogP contribution in [0.2, 0.25) is 0 Å². The molecule has 2 fully saturated rings. The van der Waals surface area contributed by atoms with E-state index in [0.717, 1.165) is 36.2 Å². The molecule has 2 aliphatic rings. The van der Waals surface area contributed by atoms with E-state index in [1.807, 2.05) is 6.92 Å². The van der Waals surface area contributed by atoms with E-state index in [-0.39, 0.29) is 0 Å². The molecule has 2 rings (SSSR count). The number of hydrogen-bond acceptors (Lipinski definition) is 0. The Hall–Kier alpha value is -0.730. The molecular formula is C20H31F3. The van der Waals surface area contributed by atoms with Crippen LogP contribution in [-0.4, -0.2) is 6.67 Å². The van der Waals surface area contributed by atoms with Crippen molar-refractivity contribution < 1.29 is 13.2 Å². The second kappa shape index (κ2) is 8.94. The van der Waals surface area contributed by atoms with Crippen LogP contribution in [-0.2, 0) is 0 Å². The lowest BCUT2D eigenvalue weighted by Crippen LogP contribution is -2.26. The lowest BCUT2D eigenvalue weighted by Gasteiger charge is -2.38. The van der Waals surface area contributed by atoms with E-state index in [2.05, 4.69) is 6.92 Å². The van der Waals surface area contributed by atoms with E-state index < -0.39 is 18.3 Å². The summed E-state index contributed by atoms with van der Waals surface area (Å²) in [6.07, 6.45) is 12.6. The van der Waals surface area contributed by atoms with Gasteiger partial charge < -0.3 is 0 Å². The molecule has 2 saturated carbocycles. The predicted molar refractivity (Wildman–Crippen MR) is 90.2 cm³/mol. The second-order valence-electron chi connectivity index (χ2n) is 7.58. The minimum atomic E-state index is -1.36. The molecule has 0 N–H and O–H groups in total. The predicted octanol–water partition coefficient (Wildman–Crippen LogP) is 7.08. The maximum Gasteiger partial charge on any atom is 0.166 e. The summed E-state index contributed by atoms with van der Waals surface area (Å²) in [6, 6.07) is 0. The second-order valence-corrected chi connectivity index (χ2v) is 7.58. The maximum absolute atomic E-state index is 13.4. The van der Waals surface area contributed by atoms with E-state index in [4.69, 9.17) is 0 Å². The maximum atomic E-state index is 13.4. The van der Waals surface area contributed by atoms with E-state index in [1.54, 1.807) is 0 Å². The summed E-state index contributed by atoms with van der Waals surface area (Å²) in [5, 5.41) is 0. The Morgan fingerprint density at radius 2 is 1.43 bits per heavy atom. The van der Waals surface area contributed by atoms with Crippen molar-refractivity contribution in [1.82, 2.24) is 0 Å². The first-order valence-corrected chi connectivity index (χ1v) is 9.33. The first-order valence-electron chi connectivity index (χ1n) is 9.33. The van der Waals surface area contributed by atoms with Gasteiger partial charge in [-0.15, -0.1) is 0 Å². The molecule has 0 saturated heterocycles. The van der Waals surface area contributed by atoms with Gasteiger partial charge in [-0.3, -0.25) is 0 Å². The number of rotatable bonds is 5. The van der Waals surface area contributed by atoms with Crippen molar-refractivity contribution in [1.29, 1.82) is 0 Å². The molecule has 0 heterocycles. The van der Waals surface area contributed by atoms with Crippen molar-refractivity contribution in [3.8, 4) is 0 Å². The van der Waals surface area contributed by atoms with Crippen LogP contribution >= 0.6 is 0 Å². The molecule has 0 bridgehead atoms. The minimum absolute atomic E-state index is 0.330. The molecule has 0 aromatic heterocycles. The van der Waals surface area contributed by atoms with E-state index in [1.165, 1.54) is 51.0 Å². The number of halogens is 3. The summed E-state index contributed by atoms with van der Waals surface area (Å²) in [5.41, 5.74) is 0.860. The van der Waals surface area contributed by atoms with Gasteiger partial charge in [-0.25, -0.2) is 13.2 Å². The fourth-order valence-corrected chi connectivity index (χ4v) is 4.57. The summed E-state index contributed by atoms with van der Waals surface area (Å²) in [4.78, 5) is 0. The molecule has 0 amide bonds. The summed E-state index contributed by atoms with van der Waals surface area (Å²) in [5.74, 6) is 0.642. The lowest BCUT2D eigenvalue weighted by molar-refractivity contribution is 0.152. The first-order chi connectivity index (χ1) is 11.0. The Morgan fingerprint density at radius 1 is 0.913 bits per heavy atom. The Morgan fingerprint density at radius 3 is 1.91 bits per heavy atom. The average Bonchev–Trinajstić information content (AvgIpc) is 2.61. The van der Waals surface area contributed by atoms with Crippen LogP contribution in [0.1, 0.15) is 71.6 Å². The number of alkyl halides is 1. The van der Waals surface area contributed by atoms with Crippen molar-refractivity contribution in [2.24, 2.45) is 23.7 Å². The highest BCUT2D eigenvalue weighted by atomic mass is 19.2. The van der Waals surface area contributed by atoms with Crippen molar-refractivity contribution in [2.75, 3.05) is 6.67 Å². The van der Waals surface area contributed by atoms with Gasteiger partial charge in [0.05, 0.1) is 0 Å². The van der Waals surface area contributed by atoms with Crippen molar-refractivity contribution in [3.05, 3.63) is 23.3 Å². The van der Waals surface area contributed by atoms with Crippen LogP contribution in [0.15, 0.2) is 23.3 Å². The zero-order valence-corrected chi connectivity index (χ0v) is 14.6. The summed E-state index contributed by atoms with van der Waals surface area (Å²) < 4.78 is 38.5. The summed E-state index contributed by atoms with van der Waals surface area (Å²) in [6.45, 7) is 2.79. The Balaban J connectivity index is 1.83. The van der Waals surface area contributed by atoms with Gasteiger partial charge in [-0.2, -0.15) is 0 Å². The monoisotopic (exact) mass is 328 g/mol. The molecule has 0 aromatic rings. The topological polar surface area (TPSA) is 0 Å². The SMILES string of the molecule is CCC1CCC(C2CCC(/C(C)=C/C(F)=C(/F)CF)CC2)CC1. The first kappa shape index (κ1) is 18.6. The molecule has 0 aliphatic heterocycles. The Labute approximate surface area is 139 Å². The van der Waals surface area contributed by atoms with E-state index in [9.17, 15) is 13.2 Å². The largest absolute Gasteiger partial charge is 0.243 e. The molecule has 3 heteroatoms. The highest BCUT2D eigenvalue weighted by Crippen LogP contribution is 2.43. The minimum Gasteiger partial charge on any atom is -0.243 e. The summed E-state index contributed by atoms with van der Waals surface area (Å²) in [7, 11) is 0. The third kappa shape index (κ3) is 5.12. The fraction of sp³-hybridized carbons (Fsp3) is 0.800.